The van der Waals surface area contributed by atoms with Crippen LogP contribution in [0.25, 0.3) is 10.9 Å². The summed E-state index contributed by atoms with van der Waals surface area (Å²) >= 11 is 0. The van der Waals surface area contributed by atoms with E-state index in [2.05, 4.69) is 48.3 Å². The Morgan fingerprint density at radius 3 is 2.68 bits per heavy atom. The fraction of sp³-hybridized carbons (Fsp3) is 0.440. The predicted molar refractivity (Wildman–Crippen MR) is 125 cm³/mol. The van der Waals surface area contributed by atoms with Crippen LogP contribution < -0.4 is 19.7 Å². The average molecular weight is 421 g/mol. The number of rotatable bonds is 6. The van der Waals surface area contributed by atoms with Crippen molar-refractivity contribution in [2.75, 3.05) is 32.2 Å². The molecule has 1 fully saturated rings. The fourth-order valence-electron chi connectivity index (χ4n) is 4.28. The molecule has 4 rings (SSSR count). The van der Waals surface area contributed by atoms with Crippen LogP contribution in [0.5, 0.6) is 11.5 Å². The van der Waals surface area contributed by atoms with Crippen molar-refractivity contribution in [1.29, 1.82) is 0 Å². The van der Waals surface area contributed by atoms with Gasteiger partial charge in [-0.25, -0.2) is 9.97 Å². The van der Waals surface area contributed by atoms with Gasteiger partial charge in [0.15, 0.2) is 0 Å². The van der Waals surface area contributed by atoms with Crippen molar-refractivity contribution < 1.29 is 9.47 Å². The molecule has 6 nitrogen and oxygen atoms in total. The summed E-state index contributed by atoms with van der Waals surface area (Å²) in [5, 5.41) is 4.86. The van der Waals surface area contributed by atoms with Gasteiger partial charge in [-0.05, 0) is 50.8 Å². The Kier molecular flexibility index (Phi) is 6.56. The number of nitrogens with one attached hydrogen (secondary N) is 1. The third-order valence-electron chi connectivity index (χ3n) is 6.12. The molecule has 1 atom stereocenters. The molecular formula is C25H32N4O2. The maximum absolute atomic E-state index is 5.54. The number of fused-ring (bicyclic) bond motifs is 1. The van der Waals surface area contributed by atoms with E-state index in [1.54, 1.807) is 14.2 Å². The van der Waals surface area contributed by atoms with Crippen molar-refractivity contribution >= 4 is 16.9 Å². The molecule has 1 saturated heterocycles. The van der Waals surface area contributed by atoms with Crippen molar-refractivity contribution in [3.8, 4) is 11.5 Å². The number of anilines is 1. The second-order valence-electron chi connectivity index (χ2n) is 8.30. The number of hydrogen-bond donors (Lipinski definition) is 1. The largest absolute Gasteiger partial charge is 0.497 e. The SMILES string of the molecule is COc1ccc(CNC2CCCN(c3nc(C)c4ccc(C)cc4n3)CC2)c(OC)c1. The highest BCUT2D eigenvalue weighted by Crippen LogP contribution is 2.26. The highest BCUT2D eigenvalue weighted by Gasteiger charge is 2.20. The molecule has 0 bridgehead atoms. The van der Waals surface area contributed by atoms with E-state index in [1.807, 2.05) is 12.1 Å². The van der Waals surface area contributed by atoms with Crippen molar-refractivity contribution in [1.82, 2.24) is 15.3 Å². The Morgan fingerprint density at radius 2 is 1.87 bits per heavy atom. The van der Waals surface area contributed by atoms with Gasteiger partial charge < -0.3 is 19.7 Å². The molecule has 0 amide bonds. The average Bonchev–Trinajstić information content (AvgIpc) is 3.03. The van der Waals surface area contributed by atoms with Gasteiger partial charge >= 0.3 is 0 Å². The number of ether oxygens (including phenoxy) is 2. The summed E-state index contributed by atoms with van der Waals surface area (Å²) in [4.78, 5) is 12.0. The van der Waals surface area contributed by atoms with Gasteiger partial charge in [-0.2, -0.15) is 0 Å². The molecule has 1 unspecified atom stereocenters. The summed E-state index contributed by atoms with van der Waals surface area (Å²) < 4.78 is 10.8. The summed E-state index contributed by atoms with van der Waals surface area (Å²) in [7, 11) is 3.38. The van der Waals surface area contributed by atoms with E-state index in [0.717, 1.165) is 78.5 Å². The number of aryl methyl sites for hydroxylation is 2. The van der Waals surface area contributed by atoms with Crippen LogP contribution in [0.15, 0.2) is 36.4 Å². The van der Waals surface area contributed by atoms with Gasteiger partial charge in [0, 0.05) is 42.7 Å². The van der Waals surface area contributed by atoms with Crippen molar-refractivity contribution in [2.24, 2.45) is 0 Å². The zero-order valence-corrected chi connectivity index (χ0v) is 18.9. The molecule has 0 radical (unpaired) electrons. The molecule has 0 aliphatic carbocycles. The molecule has 0 spiro atoms. The summed E-state index contributed by atoms with van der Waals surface area (Å²) in [5.74, 6) is 2.53. The first kappa shape index (κ1) is 21.4. The van der Waals surface area contributed by atoms with Crippen LogP contribution in [0, 0.1) is 13.8 Å². The quantitative estimate of drug-likeness (QED) is 0.637. The topological polar surface area (TPSA) is 59.5 Å². The number of methoxy groups -OCH3 is 2. The molecule has 1 N–H and O–H groups in total. The minimum atomic E-state index is 0.459. The summed E-state index contributed by atoms with van der Waals surface area (Å²) in [6, 6.07) is 12.8. The maximum atomic E-state index is 5.54. The molecular weight excluding hydrogens is 388 g/mol. The van der Waals surface area contributed by atoms with Crippen LogP contribution in [-0.2, 0) is 6.54 Å². The predicted octanol–water partition coefficient (Wildman–Crippen LogP) is 4.41. The molecule has 2 heterocycles. The van der Waals surface area contributed by atoms with Gasteiger partial charge in [0.05, 0.1) is 25.4 Å². The first-order valence-corrected chi connectivity index (χ1v) is 11.0. The van der Waals surface area contributed by atoms with E-state index < -0.39 is 0 Å². The number of benzene rings is 2. The number of hydrogen-bond acceptors (Lipinski definition) is 6. The lowest BCUT2D eigenvalue weighted by Crippen LogP contribution is -2.31. The van der Waals surface area contributed by atoms with Crippen LogP contribution in [0.4, 0.5) is 5.95 Å². The first-order chi connectivity index (χ1) is 15.1. The van der Waals surface area contributed by atoms with E-state index in [9.17, 15) is 0 Å². The Hall–Kier alpha value is -2.86. The molecule has 31 heavy (non-hydrogen) atoms. The Bertz CT molecular complexity index is 1050. The van der Waals surface area contributed by atoms with Gasteiger partial charge in [0.1, 0.15) is 11.5 Å². The van der Waals surface area contributed by atoms with Crippen LogP contribution >= 0.6 is 0 Å². The first-order valence-electron chi connectivity index (χ1n) is 11.0. The molecule has 1 aromatic heterocycles. The summed E-state index contributed by atoms with van der Waals surface area (Å²) in [5.41, 5.74) is 4.46. The fourth-order valence-corrected chi connectivity index (χ4v) is 4.28. The third-order valence-corrected chi connectivity index (χ3v) is 6.12. The molecule has 0 saturated carbocycles. The normalized spacial score (nSPS) is 16.9. The van der Waals surface area contributed by atoms with Crippen molar-refractivity contribution in [3.05, 3.63) is 53.2 Å². The van der Waals surface area contributed by atoms with Crippen molar-refractivity contribution in [2.45, 2.75) is 45.7 Å². The van der Waals surface area contributed by atoms with Crippen LogP contribution in [-0.4, -0.2) is 43.3 Å². The van der Waals surface area contributed by atoms with E-state index in [4.69, 9.17) is 19.4 Å². The highest BCUT2D eigenvalue weighted by atomic mass is 16.5. The number of nitrogens with zero attached hydrogens (tertiary/aromatic N) is 3. The summed E-state index contributed by atoms with van der Waals surface area (Å²) in [6.45, 7) is 6.90. The lowest BCUT2D eigenvalue weighted by Gasteiger charge is -2.22. The lowest BCUT2D eigenvalue weighted by atomic mass is 10.1. The number of aromatic nitrogens is 2. The van der Waals surface area contributed by atoms with E-state index in [1.165, 1.54) is 5.56 Å². The van der Waals surface area contributed by atoms with Gasteiger partial charge in [-0.1, -0.05) is 18.2 Å². The van der Waals surface area contributed by atoms with E-state index in [-0.39, 0.29) is 0 Å². The standard InChI is InChI=1S/C25H32N4O2/c1-17-7-10-22-18(2)27-25(28-23(22)14-17)29-12-5-6-20(11-13-29)26-16-19-8-9-21(30-3)15-24(19)31-4/h7-10,14-15,20,26H,5-6,11-13,16H2,1-4H3. The summed E-state index contributed by atoms with van der Waals surface area (Å²) in [6.07, 6.45) is 3.32. The minimum absolute atomic E-state index is 0.459. The van der Waals surface area contributed by atoms with E-state index in [0.29, 0.717) is 6.04 Å². The van der Waals surface area contributed by atoms with Crippen LogP contribution in [0.3, 0.4) is 0 Å². The molecule has 3 aromatic rings. The second kappa shape index (κ2) is 9.52. The molecule has 1 aliphatic heterocycles. The minimum Gasteiger partial charge on any atom is -0.497 e. The van der Waals surface area contributed by atoms with E-state index >= 15 is 0 Å². The Morgan fingerprint density at radius 1 is 1.00 bits per heavy atom. The van der Waals surface area contributed by atoms with Gasteiger partial charge in [0.25, 0.3) is 0 Å². The molecule has 1 aliphatic rings. The molecule has 6 heteroatoms. The monoisotopic (exact) mass is 420 g/mol. The van der Waals surface area contributed by atoms with Crippen LogP contribution in [0.1, 0.15) is 36.1 Å². The lowest BCUT2D eigenvalue weighted by molar-refractivity contribution is 0.387. The molecule has 164 valence electrons. The molecule has 2 aromatic carbocycles. The maximum Gasteiger partial charge on any atom is 0.226 e. The third kappa shape index (κ3) is 4.90. The zero-order valence-electron chi connectivity index (χ0n) is 18.9. The Balaban J connectivity index is 1.41. The highest BCUT2D eigenvalue weighted by molar-refractivity contribution is 5.82. The van der Waals surface area contributed by atoms with Crippen LogP contribution in [0.2, 0.25) is 0 Å². The van der Waals surface area contributed by atoms with Gasteiger partial charge in [-0.15, -0.1) is 0 Å². The smallest absolute Gasteiger partial charge is 0.226 e. The second-order valence-corrected chi connectivity index (χ2v) is 8.30. The van der Waals surface area contributed by atoms with Crippen molar-refractivity contribution in [3.63, 3.8) is 0 Å². The zero-order chi connectivity index (χ0) is 21.8. The Labute approximate surface area is 184 Å². The van der Waals surface area contributed by atoms with Gasteiger partial charge in [-0.3, -0.25) is 0 Å². The van der Waals surface area contributed by atoms with Gasteiger partial charge in [0.2, 0.25) is 5.95 Å².